The molecule has 37 heavy (non-hydrogen) atoms. The Labute approximate surface area is 222 Å². The van der Waals surface area contributed by atoms with Crippen molar-refractivity contribution < 1.29 is 27.4 Å². The Kier molecular flexibility index (Phi) is 7.10. The normalized spacial score (nSPS) is 18.2. The van der Waals surface area contributed by atoms with E-state index in [-0.39, 0.29) is 23.9 Å². The molecule has 0 aromatic heterocycles. The van der Waals surface area contributed by atoms with Crippen molar-refractivity contribution in [3.8, 4) is 17.2 Å². The summed E-state index contributed by atoms with van der Waals surface area (Å²) in [6.07, 6.45) is 0. The van der Waals surface area contributed by atoms with Gasteiger partial charge >= 0.3 is 0 Å². The molecule has 2 aromatic rings. The number of aryl methyl sites for hydroxylation is 1. The number of sulfonamides is 1. The summed E-state index contributed by atoms with van der Waals surface area (Å²) in [6, 6.07) is 8.34. The lowest BCUT2D eigenvalue weighted by molar-refractivity contribution is -0.131. The first-order valence-corrected chi connectivity index (χ1v) is 13.9. The second-order valence-corrected chi connectivity index (χ2v) is 11.8. The number of amides is 1. The monoisotopic (exact) mass is 547 g/mol. The fourth-order valence-corrected chi connectivity index (χ4v) is 6.70. The molecule has 1 atom stereocenters. The first-order chi connectivity index (χ1) is 17.7. The zero-order chi connectivity index (χ0) is 26.3. The molecule has 1 amide bonds. The smallest absolute Gasteiger partial charge is 0.243 e. The maximum atomic E-state index is 13.7. The van der Waals surface area contributed by atoms with Gasteiger partial charge in [0.1, 0.15) is 19.0 Å². The first kappa shape index (κ1) is 25.8. The van der Waals surface area contributed by atoms with Gasteiger partial charge in [0.25, 0.3) is 0 Å². The van der Waals surface area contributed by atoms with E-state index in [1.165, 1.54) is 10.4 Å². The number of nitrogens with zero attached hydrogens (tertiary/aromatic N) is 2. The number of carbonyl (C=O) groups excluding carboxylic acids is 1. The van der Waals surface area contributed by atoms with Crippen LogP contribution in [0.15, 0.2) is 46.4 Å². The van der Waals surface area contributed by atoms with Crippen LogP contribution in [0.5, 0.6) is 17.2 Å². The van der Waals surface area contributed by atoms with Crippen LogP contribution in [0.1, 0.15) is 17.0 Å². The van der Waals surface area contributed by atoms with Crippen molar-refractivity contribution in [2.45, 2.75) is 17.7 Å². The molecule has 0 bridgehead atoms. The number of likely N-dealkylation sites (N-methyl/N-ethyl adjacent to an activating group) is 1. The highest BCUT2D eigenvalue weighted by Gasteiger charge is 2.40. The molecular formula is C26H30ClN3O6S. The number of ether oxygens (including phenoxy) is 3. The molecule has 11 heteroatoms. The Morgan fingerprint density at radius 1 is 1.08 bits per heavy atom. The van der Waals surface area contributed by atoms with Crippen molar-refractivity contribution in [1.82, 2.24) is 14.5 Å². The van der Waals surface area contributed by atoms with Crippen LogP contribution in [0.3, 0.4) is 0 Å². The predicted molar refractivity (Wildman–Crippen MR) is 139 cm³/mol. The summed E-state index contributed by atoms with van der Waals surface area (Å²) >= 11 is 6.39. The molecule has 9 nitrogen and oxygen atoms in total. The van der Waals surface area contributed by atoms with Crippen molar-refractivity contribution in [3.05, 3.63) is 57.6 Å². The van der Waals surface area contributed by atoms with Crippen LogP contribution in [-0.4, -0.2) is 83.6 Å². The maximum absolute atomic E-state index is 13.7. The standard InChI is InChI=1S/C26H30ClN3O6S/c1-16-8-24(34-3)20(10-22(16)27)21(11-28-2)26(31)29-12-17-14-30(15-18(17)13-29)37(32,33)19-4-5-23-25(9-19)36-7-6-35-23/h4-5,8-10,21,28H,6-7,11-15H2,1-3H3. The van der Waals surface area contributed by atoms with E-state index in [1.807, 2.05) is 13.0 Å². The second kappa shape index (κ2) is 10.2. The fraction of sp³-hybridized carbons (Fsp3) is 0.423. The third-order valence-electron chi connectivity index (χ3n) is 7.05. The average molecular weight is 548 g/mol. The van der Waals surface area contributed by atoms with Crippen molar-refractivity contribution in [2.24, 2.45) is 0 Å². The van der Waals surface area contributed by atoms with Crippen LogP contribution < -0.4 is 19.5 Å². The molecule has 1 unspecified atom stereocenters. The lowest BCUT2D eigenvalue weighted by atomic mass is 9.95. The number of fused-ring (bicyclic) bond motifs is 1. The zero-order valence-electron chi connectivity index (χ0n) is 21.0. The van der Waals surface area contributed by atoms with Gasteiger partial charge < -0.3 is 24.4 Å². The summed E-state index contributed by atoms with van der Waals surface area (Å²) in [7, 11) is -0.350. The predicted octanol–water partition coefficient (Wildman–Crippen LogP) is 2.57. The highest BCUT2D eigenvalue weighted by atomic mass is 35.5. The Balaban J connectivity index is 1.30. The van der Waals surface area contributed by atoms with Gasteiger partial charge in [-0.1, -0.05) is 11.6 Å². The van der Waals surface area contributed by atoms with Crippen LogP contribution >= 0.6 is 11.6 Å². The quantitative estimate of drug-likeness (QED) is 0.532. The van der Waals surface area contributed by atoms with Gasteiger partial charge in [-0.25, -0.2) is 8.42 Å². The summed E-state index contributed by atoms with van der Waals surface area (Å²) in [5.41, 5.74) is 3.53. The second-order valence-electron chi connectivity index (χ2n) is 9.43. The van der Waals surface area contributed by atoms with Crippen molar-refractivity contribution in [2.75, 3.05) is 60.1 Å². The molecule has 198 valence electrons. The van der Waals surface area contributed by atoms with Gasteiger partial charge in [0.15, 0.2) is 11.5 Å². The zero-order valence-corrected chi connectivity index (χ0v) is 22.6. The molecule has 3 aliphatic rings. The Morgan fingerprint density at radius 3 is 2.41 bits per heavy atom. The Hall–Kier alpha value is -2.79. The van der Waals surface area contributed by atoms with Gasteiger partial charge in [-0.05, 0) is 54.9 Å². The van der Waals surface area contributed by atoms with E-state index >= 15 is 0 Å². The van der Waals surface area contributed by atoms with Crippen LogP contribution in [0.4, 0.5) is 0 Å². The number of rotatable bonds is 7. The van der Waals surface area contributed by atoms with Crippen LogP contribution in [0, 0.1) is 6.92 Å². The number of hydrogen-bond acceptors (Lipinski definition) is 7. The molecular weight excluding hydrogens is 518 g/mol. The van der Waals surface area contributed by atoms with Gasteiger partial charge in [0, 0.05) is 49.4 Å². The van der Waals surface area contributed by atoms with Gasteiger partial charge in [-0.3, -0.25) is 4.79 Å². The Morgan fingerprint density at radius 2 is 1.76 bits per heavy atom. The summed E-state index contributed by atoms with van der Waals surface area (Å²) in [5.74, 6) is 1.06. The molecule has 0 fully saturated rings. The molecule has 0 radical (unpaired) electrons. The van der Waals surface area contributed by atoms with E-state index < -0.39 is 15.9 Å². The highest BCUT2D eigenvalue weighted by molar-refractivity contribution is 7.89. The van der Waals surface area contributed by atoms with Crippen molar-refractivity contribution in [1.29, 1.82) is 0 Å². The van der Waals surface area contributed by atoms with E-state index in [1.54, 1.807) is 37.3 Å². The van der Waals surface area contributed by atoms with E-state index in [0.717, 1.165) is 22.3 Å². The minimum atomic E-state index is -3.73. The third-order valence-corrected chi connectivity index (χ3v) is 9.25. The number of methoxy groups -OCH3 is 1. The molecule has 0 spiro atoms. The van der Waals surface area contributed by atoms with Gasteiger partial charge in [-0.2, -0.15) is 4.31 Å². The SMILES string of the molecule is CNCC(C(=O)N1CC2=C(C1)CN(S(=O)(=O)c1ccc3c(c1)OCCO3)C2)c1cc(Cl)c(C)cc1OC. The van der Waals surface area contributed by atoms with Gasteiger partial charge in [0.2, 0.25) is 15.9 Å². The van der Waals surface area contributed by atoms with E-state index in [9.17, 15) is 13.2 Å². The number of hydrogen-bond donors (Lipinski definition) is 1. The summed E-state index contributed by atoms with van der Waals surface area (Å²) in [6.45, 7) is 4.43. The molecule has 5 rings (SSSR count). The van der Waals surface area contributed by atoms with Crippen LogP contribution in [-0.2, 0) is 14.8 Å². The van der Waals surface area contributed by atoms with E-state index in [4.69, 9.17) is 25.8 Å². The molecule has 0 saturated heterocycles. The molecule has 2 aromatic carbocycles. The van der Waals surface area contributed by atoms with Crippen molar-refractivity contribution >= 4 is 27.5 Å². The van der Waals surface area contributed by atoms with E-state index in [2.05, 4.69) is 5.32 Å². The molecule has 1 N–H and O–H groups in total. The number of benzene rings is 2. The van der Waals surface area contributed by atoms with Crippen molar-refractivity contribution in [3.63, 3.8) is 0 Å². The minimum Gasteiger partial charge on any atom is -0.496 e. The molecule has 0 aliphatic carbocycles. The summed E-state index contributed by atoms with van der Waals surface area (Å²) in [4.78, 5) is 15.6. The first-order valence-electron chi connectivity index (χ1n) is 12.1. The number of nitrogens with one attached hydrogen (secondary N) is 1. The fourth-order valence-electron chi connectivity index (χ4n) is 5.08. The molecule has 3 heterocycles. The molecule has 0 saturated carbocycles. The number of carbonyl (C=O) groups is 1. The van der Waals surface area contributed by atoms with E-state index in [0.29, 0.717) is 55.1 Å². The lowest BCUT2D eigenvalue weighted by Gasteiger charge is -2.27. The van der Waals surface area contributed by atoms with Gasteiger partial charge in [-0.15, -0.1) is 0 Å². The highest BCUT2D eigenvalue weighted by Crippen LogP contribution is 2.37. The lowest BCUT2D eigenvalue weighted by Crippen LogP contribution is -2.40. The van der Waals surface area contributed by atoms with Crippen LogP contribution in [0.25, 0.3) is 0 Å². The number of halogens is 1. The summed E-state index contributed by atoms with van der Waals surface area (Å²) in [5, 5.41) is 3.68. The summed E-state index contributed by atoms with van der Waals surface area (Å²) < 4.78 is 44.8. The van der Waals surface area contributed by atoms with Gasteiger partial charge in [0.05, 0.1) is 17.9 Å². The largest absolute Gasteiger partial charge is 0.496 e. The topological polar surface area (TPSA) is 97.4 Å². The maximum Gasteiger partial charge on any atom is 0.243 e. The third kappa shape index (κ3) is 4.79. The Bertz CT molecular complexity index is 1360. The minimum absolute atomic E-state index is 0.0526. The average Bonchev–Trinajstić information content (AvgIpc) is 3.48. The van der Waals surface area contributed by atoms with Crippen LogP contribution in [0.2, 0.25) is 5.02 Å². The molecule has 3 aliphatic heterocycles.